The van der Waals surface area contributed by atoms with Crippen molar-refractivity contribution in [2.24, 2.45) is 5.41 Å². The molecule has 1 rings (SSSR count). The molecule has 6 nitrogen and oxygen atoms in total. The number of hydrogen-bond acceptors (Lipinski definition) is 5. The number of nitrogens with one attached hydrogen (secondary N) is 1. The lowest BCUT2D eigenvalue weighted by atomic mass is 9.82. The molecule has 0 aliphatic rings. The topological polar surface area (TPSA) is 77.0 Å². The smallest absolute Gasteiger partial charge is 0.310 e. The summed E-state index contributed by atoms with van der Waals surface area (Å²) < 4.78 is 40.4. The van der Waals surface area contributed by atoms with E-state index in [1.165, 1.54) is 14.2 Å². The first-order valence-electron chi connectivity index (χ1n) is 8.43. The summed E-state index contributed by atoms with van der Waals surface area (Å²) in [6, 6.07) is 3.30. The Kier molecular flexibility index (Phi) is 8.57. The van der Waals surface area contributed by atoms with Gasteiger partial charge in [0.1, 0.15) is 6.61 Å². The lowest BCUT2D eigenvalue weighted by molar-refractivity contribution is -0.149. The van der Waals surface area contributed by atoms with Gasteiger partial charge in [-0.3, -0.25) is 4.79 Å². The summed E-state index contributed by atoms with van der Waals surface area (Å²) in [6.45, 7) is 3.61. The third kappa shape index (κ3) is 5.45. The first-order valence-corrected chi connectivity index (χ1v) is 8.43. The monoisotopic (exact) mass is 375 g/mol. The fourth-order valence-electron chi connectivity index (χ4n) is 2.65. The van der Waals surface area contributed by atoms with E-state index in [0.717, 1.165) is 5.56 Å². The second-order valence-electron chi connectivity index (χ2n) is 5.93. The van der Waals surface area contributed by atoms with E-state index >= 15 is 0 Å². The van der Waals surface area contributed by atoms with Crippen molar-refractivity contribution in [3.8, 4) is 17.2 Å². The van der Waals surface area contributed by atoms with Gasteiger partial charge in [-0.05, 0) is 30.5 Å². The van der Waals surface area contributed by atoms with Crippen LogP contribution in [0.5, 0.6) is 17.2 Å². The van der Waals surface area contributed by atoms with Crippen LogP contribution in [0.1, 0.15) is 32.3 Å². The zero-order valence-electron chi connectivity index (χ0n) is 15.6. The van der Waals surface area contributed by atoms with Crippen molar-refractivity contribution in [1.29, 1.82) is 0 Å². The van der Waals surface area contributed by atoms with Gasteiger partial charge in [0.2, 0.25) is 5.75 Å². The largest absolute Gasteiger partial charge is 0.493 e. The minimum Gasteiger partial charge on any atom is -0.493 e. The van der Waals surface area contributed by atoms with E-state index in [1.807, 2.05) is 13.8 Å². The molecule has 0 aliphatic heterocycles. The predicted molar refractivity (Wildman–Crippen MR) is 93.4 cm³/mol. The van der Waals surface area contributed by atoms with Crippen LogP contribution in [0.15, 0.2) is 12.1 Å². The van der Waals surface area contributed by atoms with Crippen LogP contribution >= 0.6 is 0 Å². The van der Waals surface area contributed by atoms with Crippen LogP contribution in [0.2, 0.25) is 0 Å². The van der Waals surface area contributed by atoms with Crippen LogP contribution in [-0.2, 0) is 11.3 Å². The van der Waals surface area contributed by atoms with E-state index in [1.54, 1.807) is 12.1 Å². The molecule has 1 aromatic carbocycles. The first-order chi connectivity index (χ1) is 12.3. The Hall–Kier alpha value is -2.09. The quantitative estimate of drug-likeness (QED) is 0.584. The number of alkyl halides is 2. The number of carbonyl (C=O) groups is 1. The summed E-state index contributed by atoms with van der Waals surface area (Å²) >= 11 is 0. The molecular weight excluding hydrogens is 348 g/mol. The van der Waals surface area contributed by atoms with Gasteiger partial charge in [0.25, 0.3) is 6.43 Å². The van der Waals surface area contributed by atoms with Gasteiger partial charge in [0.15, 0.2) is 11.5 Å². The third-order valence-corrected chi connectivity index (χ3v) is 4.47. The number of halogens is 2. The number of aliphatic carboxylic acids is 1. The molecule has 0 saturated heterocycles. The summed E-state index contributed by atoms with van der Waals surface area (Å²) in [7, 11) is 2.82. The van der Waals surface area contributed by atoms with Crippen LogP contribution < -0.4 is 19.5 Å². The molecule has 0 heterocycles. The van der Waals surface area contributed by atoms with Crippen LogP contribution in [0.25, 0.3) is 0 Å². The summed E-state index contributed by atoms with van der Waals surface area (Å²) in [5, 5.41) is 12.6. The average molecular weight is 375 g/mol. The average Bonchev–Trinajstić information content (AvgIpc) is 2.63. The van der Waals surface area contributed by atoms with Crippen LogP contribution in [-0.4, -0.2) is 44.9 Å². The van der Waals surface area contributed by atoms with E-state index in [0.29, 0.717) is 25.9 Å². The number of carboxylic acid groups (broad SMARTS) is 1. The van der Waals surface area contributed by atoms with Crippen molar-refractivity contribution in [2.45, 2.75) is 39.7 Å². The summed E-state index contributed by atoms with van der Waals surface area (Å²) in [4.78, 5) is 11.5. The van der Waals surface area contributed by atoms with E-state index in [-0.39, 0.29) is 17.2 Å². The van der Waals surface area contributed by atoms with Gasteiger partial charge in [-0.1, -0.05) is 13.8 Å². The van der Waals surface area contributed by atoms with Gasteiger partial charge < -0.3 is 24.6 Å². The third-order valence-electron chi connectivity index (χ3n) is 4.47. The van der Waals surface area contributed by atoms with Gasteiger partial charge in [-0.15, -0.1) is 0 Å². The van der Waals surface area contributed by atoms with E-state index in [2.05, 4.69) is 5.32 Å². The standard InChI is InChI=1S/C18H27F2NO5/c1-5-18(6-2,17(22)23)11-21-9-12-7-13(24-3)16(14(8-12)25-4)26-10-15(19)20/h7-8,15,21H,5-6,9-11H2,1-4H3,(H,22,23). The second kappa shape index (κ2) is 10.2. The lowest BCUT2D eigenvalue weighted by Gasteiger charge is -2.27. The van der Waals surface area contributed by atoms with E-state index in [9.17, 15) is 18.7 Å². The van der Waals surface area contributed by atoms with E-state index < -0.39 is 24.4 Å². The van der Waals surface area contributed by atoms with Crippen molar-refractivity contribution in [3.05, 3.63) is 17.7 Å². The molecular formula is C18H27F2NO5. The zero-order valence-corrected chi connectivity index (χ0v) is 15.6. The zero-order chi connectivity index (χ0) is 19.7. The number of carboxylic acids is 1. The Morgan fingerprint density at radius 3 is 2.12 bits per heavy atom. The molecule has 0 atom stereocenters. The van der Waals surface area contributed by atoms with Gasteiger partial charge in [-0.25, -0.2) is 8.78 Å². The second-order valence-corrected chi connectivity index (χ2v) is 5.93. The maximum atomic E-state index is 12.4. The van der Waals surface area contributed by atoms with Gasteiger partial charge in [0, 0.05) is 13.1 Å². The maximum Gasteiger partial charge on any atom is 0.310 e. The molecule has 0 aliphatic carbocycles. The lowest BCUT2D eigenvalue weighted by Crippen LogP contribution is -2.40. The Labute approximate surface area is 152 Å². The molecule has 26 heavy (non-hydrogen) atoms. The highest BCUT2D eigenvalue weighted by Gasteiger charge is 2.34. The van der Waals surface area contributed by atoms with E-state index in [4.69, 9.17) is 14.2 Å². The Bertz CT molecular complexity index is 566. The summed E-state index contributed by atoms with van der Waals surface area (Å²) in [6.07, 6.45) is -1.59. The highest BCUT2D eigenvalue weighted by atomic mass is 19.3. The highest BCUT2D eigenvalue weighted by Crippen LogP contribution is 2.39. The minimum atomic E-state index is -2.61. The molecule has 0 radical (unpaired) electrons. The van der Waals surface area contributed by atoms with Crippen molar-refractivity contribution in [2.75, 3.05) is 27.4 Å². The van der Waals surface area contributed by atoms with Crippen LogP contribution in [0.4, 0.5) is 8.78 Å². The molecule has 0 bridgehead atoms. The molecule has 148 valence electrons. The molecule has 1 aromatic rings. The molecule has 0 saturated carbocycles. The Morgan fingerprint density at radius 2 is 1.73 bits per heavy atom. The summed E-state index contributed by atoms with van der Waals surface area (Å²) in [5.74, 6) is -0.170. The Morgan fingerprint density at radius 1 is 1.19 bits per heavy atom. The number of hydrogen-bond donors (Lipinski definition) is 2. The normalized spacial score (nSPS) is 11.5. The Balaban J connectivity index is 2.92. The van der Waals surface area contributed by atoms with Crippen LogP contribution in [0, 0.1) is 5.41 Å². The van der Waals surface area contributed by atoms with Crippen molar-refractivity contribution < 1.29 is 32.9 Å². The molecule has 2 N–H and O–H groups in total. The number of methoxy groups -OCH3 is 2. The predicted octanol–water partition coefficient (Wildman–Crippen LogP) is 3.33. The number of rotatable bonds is 12. The molecule has 8 heteroatoms. The minimum absolute atomic E-state index is 0.112. The number of ether oxygens (including phenoxy) is 3. The highest BCUT2D eigenvalue weighted by molar-refractivity contribution is 5.74. The molecule has 0 unspecified atom stereocenters. The molecule has 0 spiro atoms. The molecule has 0 fully saturated rings. The fraction of sp³-hybridized carbons (Fsp3) is 0.611. The first kappa shape index (κ1) is 22.0. The molecule has 0 amide bonds. The SMILES string of the molecule is CCC(CC)(CNCc1cc(OC)c(OCC(F)F)c(OC)c1)C(=O)O. The maximum absolute atomic E-state index is 12.4. The van der Waals surface area contributed by atoms with Crippen molar-refractivity contribution in [3.63, 3.8) is 0 Å². The fourth-order valence-corrected chi connectivity index (χ4v) is 2.65. The number of benzene rings is 1. The van der Waals surface area contributed by atoms with Gasteiger partial charge >= 0.3 is 5.97 Å². The molecule has 0 aromatic heterocycles. The van der Waals surface area contributed by atoms with Crippen molar-refractivity contribution >= 4 is 5.97 Å². The van der Waals surface area contributed by atoms with Gasteiger partial charge in [0.05, 0.1) is 19.6 Å². The summed E-state index contributed by atoms with van der Waals surface area (Å²) in [5.41, 5.74) is -0.0660. The van der Waals surface area contributed by atoms with Crippen LogP contribution in [0.3, 0.4) is 0 Å². The van der Waals surface area contributed by atoms with Crippen molar-refractivity contribution in [1.82, 2.24) is 5.32 Å². The van der Waals surface area contributed by atoms with Gasteiger partial charge in [-0.2, -0.15) is 0 Å².